The lowest BCUT2D eigenvalue weighted by Gasteiger charge is -2.07. The summed E-state index contributed by atoms with van der Waals surface area (Å²) in [6.07, 6.45) is 2.41. The van der Waals surface area contributed by atoms with Crippen LogP contribution in [-0.4, -0.2) is 13.7 Å². The maximum Gasteiger partial charge on any atom is 0.0716 e. The molecule has 0 aliphatic rings. The van der Waals surface area contributed by atoms with Crippen LogP contribution in [0.25, 0.3) is 0 Å². The van der Waals surface area contributed by atoms with Crippen molar-refractivity contribution in [2.24, 2.45) is 5.92 Å². The standard InChI is InChI=1S/C15H25NO/c1-13(2)5-4-10-17-12-15-8-6-14(7-9-15)11-16-3/h6-9,13,16H,4-5,10-12H2,1-3H3. The van der Waals surface area contributed by atoms with Crippen LogP contribution < -0.4 is 5.32 Å². The molecule has 2 heteroatoms. The molecular formula is C15H25NO. The van der Waals surface area contributed by atoms with Crippen molar-refractivity contribution in [1.82, 2.24) is 5.32 Å². The molecule has 2 nitrogen and oxygen atoms in total. The zero-order valence-corrected chi connectivity index (χ0v) is 11.3. The summed E-state index contributed by atoms with van der Waals surface area (Å²) in [5.74, 6) is 0.777. The molecule has 0 heterocycles. The molecule has 1 aromatic rings. The largest absolute Gasteiger partial charge is 0.377 e. The van der Waals surface area contributed by atoms with E-state index >= 15 is 0 Å². The first-order valence-electron chi connectivity index (χ1n) is 6.52. The fourth-order valence-electron chi connectivity index (χ4n) is 1.74. The normalized spacial score (nSPS) is 11.1. The lowest BCUT2D eigenvalue weighted by molar-refractivity contribution is 0.115. The van der Waals surface area contributed by atoms with Crippen molar-refractivity contribution in [2.75, 3.05) is 13.7 Å². The van der Waals surface area contributed by atoms with Gasteiger partial charge >= 0.3 is 0 Å². The number of rotatable bonds is 8. The van der Waals surface area contributed by atoms with E-state index in [1.165, 1.54) is 17.5 Å². The highest BCUT2D eigenvalue weighted by molar-refractivity contribution is 5.21. The summed E-state index contributed by atoms with van der Waals surface area (Å²) in [5.41, 5.74) is 2.57. The predicted octanol–water partition coefficient (Wildman–Crippen LogP) is 3.36. The first-order valence-corrected chi connectivity index (χ1v) is 6.52. The highest BCUT2D eigenvalue weighted by Crippen LogP contribution is 2.07. The third-order valence-electron chi connectivity index (χ3n) is 2.74. The van der Waals surface area contributed by atoms with Crippen molar-refractivity contribution in [1.29, 1.82) is 0 Å². The van der Waals surface area contributed by atoms with Gasteiger partial charge in [-0.25, -0.2) is 0 Å². The van der Waals surface area contributed by atoms with E-state index in [0.29, 0.717) is 0 Å². The summed E-state index contributed by atoms with van der Waals surface area (Å²) >= 11 is 0. The van der Waals surface area contributed by atoms with Crippen molar-refractivity contribution in [3.8, 4) is 0 Å². The van der Waals surface area contributed by atoms with E-state index in [-0.39, 0.29) is 0 Å². The molecule has 0 aliphatic carbocycles. The van der Waals surface area contributed by atoms with E-state index in [0.717, 1.165) is 32.1 Å². The van der Waals surface area contributed by atoms with Gasteiger partial charge in [0.25, 0.3) is 0 Å². The van der Waals surface area contributed by atoms with Gasteiger partial charge in [-0.3, -0.25) is 0 Å². The highest BCUT2D eigenvalue weighted by atomic mass is 16.5. The Morgan fingerprint density at radius 2 is 1.76 bits per heavy atom. The van der Waals surface area contributed by atoms with Crippen LogP contribution in [0.15, 0.2) is 24.3 Å². The van der Waals surface area contributed by atoms with Gasteiger partial charge in [0.2, 0.25) is 0 Å². The fourth-order valence-corrected chi connectivity index (χ4v) is 1.74. The SMILES string of the molecule is CNCc1ccc(COCCCC(C)C)cc1. The molecule has 0 unspecified atom stereocenters. The Bertz CT molecular complexity index is 292. The van der Waals surface area contributed by atoms with Crippen LogP contribution in [0.5, 0.6) is 0 Å². The Labute approximate surface area is 105 Å². The zero-order valence-electron chi connectivity index (χ0n) is 11.3. The average Bonchev–Trinajstić information content (AvgIpc) is 2.31. The summed E-state index contributed by atoms with van der Waals surface area (Å²) in [7, 11) is 1.96. The molecule has 0 aliphatic heterocycles. The molecule has 0 saturated carbocycles. The number of benzene rings is 1. The number of ether oxygens (including phenoxy) is 1. The second-order valence-electron chi connectivity index (χ2n) is 4.94. The molecule has 0 atom stereocenters. The van der Waals surface area contributed by atoms with Crippen LogP contribution in [0, 0.1) is 5.92 Å². The molecule has 0 fully saturated rings. The minimum absolute atomic E-state index is 0.734. The minimum Gasteiger partial charge on any atom is -0.377 e. The van der Waals surface area contributed by atoms with E-state index in [4.69, 9.17) is 4.74 Å². The summed E-state index contributed by atoms with van der Waals surface area (Å²) in [6, 6.07) is 8.61. The van der Waals surface area contributed by atoms with Gasteiger partial charge in [-0.05, 0) is 36.9 Å². The van der Waals surface area contributed by atoms with Crippen LogP contribution in [0.4, 0.5) is 0 Å². The molecule has 0 saturated heterocycles. The molecule has 1 aromatic carbocycles. The van der Waals surface area contributed by atoms with Gasteiger partial charge in [-0.15, -0.1) is 0 Å². The minimum atomic E-state index is 0.734. The Morgan fingerprint density at radius 3 is 2.35 bits per heavy atom. The van der Waals surface area contributed by atoms with Crippen LogP contribution in [-0.2, 0) is 17.9 Å². The summed E-state index contributed by atoms with van der Waals surface area (Å²) in [5, 5.41) is 3.14. The summed E-state index contributed by atoms with van der Waals surface area (Å²) in [4.78, 5) is 0. The molecule has 96 valence electrons. The van der Waals surface area contributed by atoms with E-state index in [1.54, 1.807) is 0 Å². The van der Waals surface area contributed by atoms with Gasteiger partial charge in [0.1, 0.15) is 0 Å². The predicted molar refractivity (Wildman–Crippen MR) is 72.9 cm³/mol. The van der Waals surface area contributed by atoms with Gasteiger partial charge in [0, 0.05) is 13.2 Å². The number of hydrogen-bond acceptors (Lipinski definition) is 2. The van der Waals surface area contributed by atoms with Crippen molar-refractivity contribution in [3.63, 3.8) is 0 Å². The lowest BCUT2D eigenvalue weighted by atomic mass is 10.1. The lowest BCUT2D eigenvalue weighted by Crippen LogP contribution is -2.05. The Morgan fingerprint density at radius 1 is 1.12 bits per heavy atom. The molecule has 1 N–H and O–H groups in total. The van der Waals surface area contributed by atoms with Crippen molar-refractivity contribution >= 4 is 0 Å². The first-order chi connectivity index (χ1) is 8.22. The Hall–Kier alpha value is -0.860. The monoisotopic (exact) mass is 235 g/mol. The first kappa shape index (κ1) is 14.2. The zero-order chi connectivity index (χ0) is 12.5. The van der Waals surface area contributed by atoms with E-state index in [2.05, 4.69) is 43.4 Å². The second kappa shape index (κ2) is 8.26. The van der Waals surface area contributed by atoms with Crippen LogP contribution in [0.3, 0.4) is 0 Å². The van der Waals surface area contributed by atoms with Gasteiger partial charge in [0.15, 0.2) is 0 Å². The third kappa shape index (κ3) is 6.44. The maximum absolute atomic E-state index is 5.65. The molecule has 0 amide bonds. The quantitative estimate of drug-likeness (QED) is 0.698. The Kier molecular flexibility index (Phi) is 6.90. The van der Waals surface area contributed by atoms with Crippen LogP contribution >= 0.6 is 0 Å². The fraction of sp³-hybridized carbons (Fsp3) is 0.600. The van der Waals surface area contributed by atoms with Crippen molar-refractivity contribution < 1.29 is 4.74 Å². The molecule has 0 spiro atoms. The smallest absolute Gasteiger partial charge is 0.0716 e. The summed E-state index contributed by atoms with van der Waals surface area (Å²) < 4.78 is 5.65. The van der Waals surface area contributed by atoms with Gasteiger partial charge in [0.05, 0.1) is 6.61 Å². The highest BCUT2D eigenvalue weighted by Gasteiger charge is 1.96. The molecule has 17 heavy (non-hydrogen) atoms. The number of hydrogen-bond donors (Lipinski definition) is 1. The van der Waals surface area contributed by atoms with Gasteiger partial charge in [-0.1, -0.05) is 38.1 Å². The van der Waals surface area contributed by atoms with E-state index in [1.807, 2.05) is 7.05 Å². The summed E-state index contributed by atoms with van der Waals surface area (Å²) in [6.45, 7) is 7.03. The molecular weight excluding hydrogens is 210 g/mol. The van der Waals surface area contributed by atoms with Gasteiger partial charge < -0.3 is 10.1 Å². The third-order valence-corrected chi connectivity index (χ3v) is 2.74. The van der Waals surface area contributed by atoms with Crippen LogP contribution in [0.1, 0.15) is 37.8 Å². The molecule has 0 radical (unpaired) electrons. The second-order valence-corrected chi connectivity index (χ2v) is 4.94. The van der Waals surface area contributed by atoms with Crippen molar-refractivity contribution in [3.05, 3.63) is 35.4 Å². The molecule has 1 rings (SSSR count). The van der Waals surface area contributed by atoms with E-state index in [9.17, 15) is 0 Å². The topological polar surface area (TPSA) is 21.3 Å². The average molecular weight is 235 g/mol. The molecule has 0 bridgehead atoms. The van der Waals surface area contributed by atoms with Gasteiger partial charge in [-0.2, -0.15) is 0 Å². The molecule has 0 aromatic heterocycles. The Balaban J connectivity index is 2.18. The number of nitrogens with one attached hydrogen (secondary N) is 1. The maximum atomic E-state index is 5.65. The van der Waals surface area contributed by atoms with E-state index < -0.39 is 0 Å². The van der Waals surface area contributed by atoms with Crippen molar-refractivity contribution in [2.45, 2.75) is 39.8 Å². The van der Waals surface area contributed by atoms with Crippen LogP contribution in [0.2, 0.25) is 0 Å².